The summed E-state index contributed by atoms with van der Waals surface area (Å²) in [7, 11) is -3.45. The number of nitrogens with one attached hydrogen (secondary N) is 1. The first-order valence-electron chi connectivity index (χ1n) is 6.51. The highest BCUT2D eigenvalue weighted by Crippen LogP contribution is 2.28. The van der Waals surface area contributed by atoms with Crippen LogP contribution in [0.25, 0.3) is 0 Å². The molecule has 1 aliphatic carbocycles. The van der Waals surface area contributed by atoms with Crippen LogP contribution in [-0.4, -0.2) is 15.0 Å². The predicted molar refractivity (Wildman–Crippen MR) is 75.3 cm³/mol. The summed E-state index contributed by atoms with van der Waals surface area (Å²) in [4.78, 5) is 0.423. The van der Waals surface area contributed by atoms with Crippen LogP contribution in [-0.2, 0) is 10.0 Å². The molecule has 1 fully saturated rings. The van der Waals surface area contributed by atoms with Crippen molar-refractivity contribution in [2.75, 3.05) is 6.54 Å². The van der Waals surface area contributed by atoms with Gasteiger partial charge in [-0.25, -0.2) is 13.1 Å². The lowest BCUT2D eigenvalue weighted by Crippen LogP contribution is -2.31. The first kappa shape index (κ1) is 14.5. The molecule has 4 nitrogen and oxygen atoms in total. The van der Waals surface area contributed by atoms with Crippen molar-refractivity contribution in [3.8, 4) is 6.07 Å². The van der Waals surface area contributed by atoms with E-state index >= 15 is 0 Å². The highest BCUT2D eigenvalue weighted by atomic mass is 32.2. The summed E-state index contributed by atoms with van der Waals surface area (Å²) in [5.74, 6) is 1.13. The second-order valence-corrected chi connectivity index (χ2v) is 8.30. The van der Waals surface area contributed by atoms with E-state index in [9.17, 15) is 8.42 Å². The van der Waals surface area contributed by atoms with Crippen molar-refractivity contribution in [2.24, 2.45) is 11.8 Å². The van der Waals surface area contributed by atoms with E-state index in [1.165, 1.54) is 18.9 Å². The fourth-order valence-electron chi connectivity index (χ4n) is 2.57. The smallest absolute Gasteiger partial charge is 0.210 e. The van der Waals surface area contributed by atoms with Crippen molar-refractivity contribution in [1.29, 1.82) is 5.26 Å². The SMILES string of the molecule is CC1CCCC(CNS(=O)(=O)c2ccc(C#N)s2)C1. The molecule has 1 aromatic heterocycles. The van der Waals surface area contributed by atoms with Gasteiger partial charge in [0, 0.05) is 6.54 Å². The molecule has 19 heavy (non-hydrogen) atoms. The maximum atomic E-state index is 12.1. The van der Waals surface area contributed by atoms with Crippen LogP contribution in [0.4, 0.5) is 0 Å². The van der Waals surface area contributed by atoms with E-state index in [-0.39, 0.29) is 4.21 Å². The van der Waals surface area contributed by atoms with Crippen molar-refractivity contribution in [3.05, 3.63) is 17.0 Å². The molecule has 2 rings (SSSR count). The van der Waals surface area contributed by atoms with Gasteiger partial charge in [0.25, 0.3) is 0 Å². The third-order valence-electron chi connectivity index (χ3n) is 3.56. The van der Waals surface area contributed by atoms with Gasteiger partial charge in [-0.05, 0) is 36.8 Å². The van der Waals surface area contributed by atoms with Gasteiger partial charge in [0.05, 0.1) is 0 Å². The first-order chi connectivity index (χ1) is 9.01. The fourth-order valence-corrected chi connectivity index (χ4v) is 4.83. The second-order valence-electron chi connectivity index (χ2n) is 5.22. The summed E-state index contributed by atoms with van der Waals surface area (Å²) in [6.45, 7) is 2.73. The van der Waals surface area contributed by atoms with E-state index in [4.69, 9.17) is 5.26 Å². The van der Waals surface area contributed by atoms with Gasteiger partial charge >= 0.3 is 0 Å². The fraction of sp³-hybridized carbons (Fsp3) is 0.615. The van der Waals surface area contributed by atoms with Crippen LogP contribution < -0.4 is 4.72 Å². The lowest BCUT2D eigenvalue weighted by atomic mass is 9.83. The Morgan fingerprint density at radius 1 is 1.47 bits per heavy atom. The number of nitriles is 1. The Bertz CT molecular complexity index is 572. The molecule has 104 valence electrons. The normalized spacial score (nSPS) is 24.0. The highest BCUT2D eigenvalue weighted by Gasteiger charge is 2.22. The van der Waals surface area contributed by atoms with Gasteiger partial charge in [0.15, 0.2) is 0 Å². The molecule has 0 aromatic carbocycles. The average Bonchev–Trinajstić information content (AvgIpc) is 2.86. The summed E-state index contributed by atoms with van der Waals surface area (Å²) < 4.78 is 27.1. The minimum atomic E-state index is -3.45. The Morgan fingerprint density at radius 2 is 2.26 bits per heavy atom. The van der Waals surface area contributed by atoms with Gasteiger partial charge < -0.3 is 0 Å². The molecule has 1 heterocycles. The Labute approximate surface area is 118 Å². The Kier molecular flexibility index (Phi) is 4.61. The van der Waals surface area contributed by atoms with Crippen molar-refractivity contribution >= 4 is 21.4 Å². The number of hydrogen-bond acceptors (Lipinski definition) is 4. The van der Waals surface area contributed by atoms with Crippen LogP contribution in [0.5, 0.6) is 0 Å². The summed E-state index contributed by atoms with van der Waals surface area (Å²) in [5, 5.41) is 8.72. The molecule has 0 aliphatic heterocycles. The van der Waals surface area contributed by atoms with Crippen molar-refractivity contribution in [3.63, 3.8) is 0 Å². The molecular weight excluding hydrogens is 280 g/mol. The Hall–Kier alpha value is -0.900. The lowest BCUT2D eigenvalue weighted by Gasteiger charge is -2.26. The zero-order valence-corrected chi connectivity index (χ0v) is 12.6. The van der Waals surface area contributed by atoms with Crippen LogP contribution in [0.3, 0.4) is 0 Å². The van der Waals surface area contributed by atoms with Crippen LogP contribution >= 0.6 is 11.3 Å². The van der Waals surface area contributed by atoms with Crippen molar-refractivity contribution in [2.45, 2.75) is 36.8 Å². The number of thiophene rings is 1. The van der Waals surface area contributed by atoms with Gasteiger partial charge in [-0.1, -0.05) is 19.8 Å². The van der Waals surface area contributed by atoms with Crippen LogP contribution in [0, 0.1) is 23.2 Å². The molecule has 2 atom stereocenters. The number of nitrogens with zero attached hydrogens (tertiary/aromatic N) is 1. The van der Waals surface area contributed by atoms with Crippen molar-refractivity contribution in [1.82, 2.24) is 4.72 Å². The quantitative estimate of drug-likeness (QED) is 0.929. The standard InChI is InChI=1S/C13H18N2O2S2/c1-10-3-2-4-11(7-10)9-15-19(16,17)13-6-5-12(8-14)18-13/h5-6,10-11,15H,2-4,7,9H2,1H3. The van der Waals surface area contributed by atoms with Gasteiger partial charge in [-0.2, -0.15) is 5.26 Å². The highest BCUT2D eigenvalue weighted by molar-refractivity contribution is 7.91. The third-order valence-corrected chi connectivity index (χ3v) is 6.47. The molecule has 0 spiro atoms. The third kappa shape index (κ3) is 3.78. The molecule has 1 saturated carbocycles. The Morgan fingerprint density at radius 3 is 2.89 bits per heavy atom. The van der Waals surface area contributed by atoms with E-state index < -0.39 is 10.0 Å². The monoisotopic (exact) mass is 298 g/mol. The molecule has 1 aliphatic rings. The maximum absolute atomic E-state index is 12.1. The number of rotatable bonds is 4. The topological polar surface area (TPSA) is 70.0 Å². The van der Waals surface area contributed by atoms with E-state index in [0.717, 1.165) is 24.2 Å². The van der Waals surface area contributed by atoms with E-state index in [0.29, 0.717) is 23.3 Å². The molecule has 0 saturated heterocycles. The maximum Gasteiger partial charge on any atom is 0.250 e. The lowest BCUT2D eigenvalue weighted by molar-refractivity contribution is 0.283. The van der Waals surface area contributed by atoms with E-state index in [1.54, 1.807) is 6.07 Å². The number of sulfonamides is 1. The Balaban J connectivity index is 1.96. The van der Waals surface area contributed by atoms with Crippen LogP contribution in [0.15, 0.2) is 16.3 Å². The molecule has 1 N–H and O–H groups in total. The zero-order valence-electron chi connectivity index (χ0n) is 10.9. The molecular formula is C13H18N2O2S2. The molecule has 1 aromatic rings. The van der Waals surface area contributed by atoms with E-state index in [2.05, 4.69) is 11.6 Å². The van der Waals surface area contributed by atoms with Crippen LogP contribution in [0.1, 0.15) is 37.5 Å². The van der Waals surface area contributed by atoms with Crippen LogP contribution in [0.2, 0.25) is 0 Å². The van der Waals surface area contributed by atoms with Gasteiger partial charge in [-0.3, -0.25) is 0 Å². The molecule has 2 unspecified atom stereocenters. The molecule has 6 heteroatoms. The molecule has 0 amide bonds. The minimum Gasteiger partial charge on any atom is -0.210 e. The van der Waals surface area contributed by atoms with Gasteiger partial charge in [0.2, 0.25) is 10.0 Å². The number of hydrogen-bond donors (Lipinski definition) is 1. The largest absolute Gasteiger partial charge is 0.250 e. The summed E-state index contributed by atoms with van der Waals surface area (Å²) in [5.41, 5.74) is 0. The zero-order chi connectivity index (χ0) is 13.9. The minimum absolute atomic E-state index is 0.230. The van der Waals surface area contributed by atoms with Crippen molar-refractivity contribution < 1.29 is 8.42 Å². The second kappa shape index (κ2) is 6.04. The average molecular weight is 298 g/mol. The summed E-state index contributed by atoms with van der Waals surface area (Å²) in [6, 6.07) is 5.00. The van der Waals surface area contributed by atoms with Gasteiger partial charge in [-0.15, -0.1) is 11.3 Å². The predicted octanol–water partition coefficient (Wildman–Crippen LogP) is 2.72. The molecule has 0 radical (unpaired) electrons. The van der Waals surface area contributed by atoms with E-state index in [1.807, 2.05) is 6.07 Å². The summed E-state index contributed by atoms with van der Waals surface area (Å²) >= 11 is 1.02. The first-order valence-corrected chi connectivity index (χ1v) is 8.81. The summed E-state index contributed by atoms with van der Waals surface area (Å²) in [6.07, 6.45) is 4.63. The molecule has 0 bridgehead atoms. The van der Waals surface area contributed by atoms with Gasteiger partial charge in [0.1, 0.15) is 15.2 Å².